The number of carbonyl (C=O) groups is 2. The fraction of sp³-hybridized carbons (Fsp3) is 0.846. The summed E-state index contributed by atoms with van der Waals surface area (Å²) in [5.74, 6) is 0.747. The van der Waals surface area contributed by atoms with Gasteiger partial charge in [-0.2, -0.15) is 11.8 Å². The highest BCUT2D eigenvalue weighted by Crippen LogP contribution is 2.06. The first-order chi connectivity index (χ1) is 8.90. The predicted molar refractivity (Wildman–Crippen MR) is 79.1 cm³/mol. The van der Waals surface area contributed by atoms with Crippen LogP contribution in [0.15, 0.2) is 0 Å². The lowest BCUT2D eigenvalue weighted by Gasteiger charge is -2.23. The molecule has 0 radical (unpaired) electrons. The monoisotopic (exact) mass is 290 g/mol. The highest BCUT2D eigenvalue weighted by atomic mass is 32.2. The van der Waals surface area contributed by atoms with E-state index in [1.165, 1.54) is 6.92 Å². The first-order valence-electron chi connectivity index (χ1n) is 6.58. The molecule has 5 nitrogen and oxygen atoms in total. The van der Waals surface area contributed by atoms with Gasteiger partial charge in [0.2, 0.25) is 11.8 Å². The van der Waals surface area contributed by atoms with Gasteiger partial charge < -0.3 is 15.7 Å². The minimum atomic E-state index is -0.527. The molecule has 112 valence electrons. The number of hydrogen-bond donors (Lipinski definition) is 3. The quantitative estimate of drug-likeness (QED) is 0.586. The van der Waals surface area contributed by atoms with Gasteiger partial charge in [0.25, 0.3) is 0 Å². The SMILES string of the molecule is CSCCC(CO)NC(=O)[C@H](CC(C)C)NC(C)=O. The van der Waals surface area contributed by atoms with Crippen LogP contribution < -0.4 is 10.6 Å². The van der Waals surface area contributed by atoms with Crippen molar-refractivity contribution < 1.29 is 14.7 Å². The number of aliphatic hydroxyl groups is 1. The highest BCUT2D eigenvalue weighted by molar-refractivity contribution is 7.98. The maximum absolute atomic E-state index is 12.1. The van der Waals surface area contributed by atoms with E-state index in [0.717, 1.165) is 12.2 Å². The van der Waals surface area contributed by atoms with Crippen LogP contribution in [-0.2, 0) is 9.59 Å². The molecule has 0 spiro atoms. The van der Waals surface area contributed by atoms with Crippen LogP contribution in [-0.4, -0.2) is 47.6 Å². The van der Waals surface area contributed by atoms with Crippen LogP contribution in [0.25, 0.3) is 0 Å². The van der Waals surface area contributed by atoms with E-state index in [2.05, 4.69) is 10.6 Å². The standard InChI is InChI=1S/C13H26N2O3S/c1-9(2)7-12(14-10(3)17)13(18)15-11(8-16)5-6-19-4/h9,11-12,16H,5-8H2,1-4H3,(H,14,17)(H,15,18)/t11?,12-/m0/s1. The van der Waals surface area contributed by atoms with Gasteiger partial charge in [-0.15, -0.1) is 0 Å². The van der Waals surface area contributed by atoms with Gasteiger partial charge in [0.05, 0.1) is 12.6 Å². The van der Waals surface area contributed by atoms with Crippen molar-refractivity contribution >= 4 is 23.6 Å². The number of thioether (sulfide) groups is 1. The van der Waals surface area contributed by atoms with Gasteiger partial charge in [0.1, 0.15) is 6.04 Å². The smallest absolute Gasteiger partial charge is 0.242 e. The number of amides is 2. The van der Waals surface area contributed by atoms with Crippen LogP contribution in [0.5, 0.6) is 0 Å². The number of rotatable bonds is 9. The first kappa shape index (κ1) is 18.2. The van der Waals surface area contributed by atoms with E-state index in [-0.39, 0.29) is 24.5 Å². The van der Waals surface area contributed by atoms with Crippen LogP contribution in [0.3, 0.4) is 0 Å². The Morgan fingerprint density at radius 3 is 2.32 bits per heavy atom. The largest absolute Gasteiger partial charge is 0.394 e. The average molecular weight is 290 g/mol. The lowest BCUT2D eigenvalue weighted by molar-refractivity contribution is -0.129. The Bertz CT molecular complexity index is 285. The molecule has 6 heteroatoms. The third-order valence-corrected chi connectivity index (χ3v) is 3.28. The minimum Gasteiger partial charge on any atom is -0.394 e. The Morgan fingerprint density at radius 1 is 1.26 bits per heavy atom. The fourth-order valence-electron chi connectivity index (χ4n) is 1.72. The average Bonchev–Trinajstić information content (AvgIpc) is 2.32. The Kier molecular flexibility index (Phi) is 9.69. The van der Waals surface area contributed by atoms with Gasteiger partial charge >= 0.3 is 0 Å². The second-order valence-corrected chi connectivity index (χ2v) is 6.04. The highest BCUT2D eigenvalue weighted by Gasteiger charge is 2.22. The molecule has 0 heterocycles. The fourth-order valence-corrected chi connectivity index (χ4v) is 2.24. The van der Waals surface area contributed by atoms with Crippen LogP contribution in [0.1, 0.15) is 33.6 Å². The molecule has 0 saturated carbocycles. The summed E-state index contributed by atoms with van der Waals surface area (Å²) in [6, 6.07) is -0.774. The van der Waals surface area contributed by atoms with Crippen molar-refractivity contribution in [3.8, 4) is 0 Å². The van der Waals surface area contributed by atoms with Gasteiger partial charge in [-0.25, -0.2) is 0 Å². The van der Waals surface area contributed by atoms with Gasteiger partial charge in [-0.05, 0) is 30.8 Å². The maximum Gasteiger partial charge on any atom is 0.242 e. The molecular formula is C13H26N2O3S. The van der Waals surface area contributed by atoms with Gasteiger partial charge in [-0.1, -0.05) is 13.8 Å². The number of aliphatic hydroxyl groups excluding tert-OH is 1. The molecule has 0 aliphatic rings. The van der Waals surface area contributed by atoms with Crippen molar-refractivity contribution in [3.63, 3.8) is 0 Å². The summed E-state index contributed by atoms with van der Waals surface area (Å²) in [7, 11) is 0. The molecule has 0 saturated heterocycles. The number of hydrogen-bond acceptors (Lipinski definition) is 4. The van der Waals surface area contributed by atoms with Gasteiger partial charge in [0, 0.05) is 6.92 Å². The topological polar surface area (TPSA) is 78.4 Å². The third-order valence-electron chi connectivity index (χ3n) is 2.64. The number of nitrogens with one attached hydrogen (secondary N) is 2. The van der Waals surface area contributed by atoms with Crippen molar-refractivity contribution in [3.05, 3.63) is 0 Å². The molecule has 0 aromatic rings. The van der Waals surface area contributed by atoms with Crippen molar-refractivity contribution in [1.29, 1.82) is 0 Å². The molecule has 2 amide bonds. The van der Waals surface area contributed by atoms with E-state index in [4.69, 9.17) is 0 Å². The zero-order chi connectivity index (χ0) is 14.8. The minimum absolute atomic E-state index is 0.0826. The van der Waals surface area contributed by atoms with E-state index < -0.39 is 6.04 Å². The lowest BCUT2D eigenvalue weighted by Crippen LogP contribution is -2.50. The molecule has 2 atom stereocenters. The summed E-state index contributed by atoms with van der Waals surface area (Å²) < 4.78 is 0. The van der Waals surface area contributed by atoms with Gasteiger partial charge in [0.15, 0.2) is 0 Å². The van der Waals surface area contributed by atoms with E-state index in [1.54, 1.807) is 11.8 Å². The maximum atomic E-state index is 12.1. The zero-order valence-electron chi connectivity index (χ0n) is 12.2. The van der Waals surface area contributed by atoms with Crippen LogP contribution in [0, 0.1) is 5.92 Å². The number of carbonyl (C=O) groups excluding carboxylic acids is 2. The summed E-state index contributed by atoms with van der Waals surface area (Å²) in [5, 5.41) is 14.7. The molecule has 1 unspecified atom stereocenters. The Morgan fingerprint density at radius 2 is 1.89 bits per heavy atom. The molecule has 0 fully saturated rings. The molecule has 0 aliphatic carbocycles. The normalized spacial score (nSPS) is 14.0. The molecule has 0 aromatic heterocycles. The molecule has 19 heavy (non-hydrogen) atoms. The van der Waals surface area contributed by atoms with E-state index in [1.807, 2.05) is 20.1 Å². The molecule has 0 aliphatic heterocycles. The van der Waals surface area contributed by atoms with Crippen LogP contribution in [0.4, 0.5) is 0 Å². The van der Waals surface area contributed by atoms with Crippen LogP contribution in [0.2, 0.25) is 0 Å². The molecule has 0 bridgehead atoms. The third kappa shape index (κ3) is 8.88. The Balaban J connectivity index is 4.46. The summed E-state index contributed by atoms with van der Waals surface area (Å²) in [6.07, 6.45) is 3.29. The van der Waals surface area contributed by atoms with Crippen molar-refractivity contribution in [1.82, 2.24) is 10.6 Å². The summed E-state index contributed by atoms with van der Waals surface area (Å²) in [4.78, 5) is 23.2. The summed E-state index contributed by atoms with van der Waals surface area (Å²) in [6.45, 7) is 5.32. The molecule has 0 aromatic carbocycles. The predicted octanol–water partition coefficient (Wildman–Crippen LogP) is 0.767. The van der Waals surface area contributed by atoms with Crippen LogP contribution >= 0.6 is 11.8 Å². The Hall–Kier alpha value is -0.750. The van der Waals surface area contributed by atoms with E-state index >= 15 is 0 Å². The molecular weight excluding hydrogens is 264 g/mol. The summed E-state index contributed by atoms with van der Waals surface area (Å²) >= 11 is 1.67. The van der Waals surface area contributed by atoms with E-state index in [0.29, 0.717) is 12.3 Å². The van der Waals surface area contributed by atoms with Crippen molar-refractivity contribution in [2.75, 3.05) is 18.6 Å². The summed E-state index contributed by atoms with van der Waals surface area (Å²) in [5.41, 5.74) is 0. The van der Waals surface area contributed by atoms with Crippen molar-refractivity contribution in [2.45, 2.75) is 45.7 Å². The van der Waals surface area contributed by atoms with E-state index in [9.17, 15) is 14.7 Å². The molecule has 0 rings (SSSR count). The molecule has 3 N–H and O–H groups in total. The first-order valence-corrected chi connectivity index (χ1v) is 7.97. The van der Waals surface area contributed by atoms with Crippen molar-refractivity contribution in [2.24, 2.45) is 5.92 Å². The Labute approximate surface area is 119 Å². The van der Waals surface area contributed by atoms with Gasteiger partial charge in [-0.3, -0.25) is 9.59 Å². The second kappa shape index (κ2) is 10.1. The lowest BCUT2D eigenvalue weighted by atomic mass is 10.0. The second-order valence-electron chi connectivity index (χ2n) is 5.05. The zero-order valence-corrected chi connectivity index (χ0v) is 13.0.